The number of nitrogens with zero attached hydrogens (tertiary/aromatic N) is 2. The number of hydrogen-bond donors (Lipinski definition) is 0. The molecule has 1 unspecified atom stereocenters. The summed E-state index contributed by atoms with van der Waals surface area (Å²) in [5, 5.41) is 9.87. The molecule has 0 radical (unpaired) electrons. The fourth-order valence-electron chi connectivity index (χ4n) is 2.55. The monoisotopic (exact) mass is 342 g/mol. The highest BCUT2D eigenvalue weighted by atomic mass is 32.1. The molecule has 1 aromatic heterocycles. The molecule has 0 spiro atoms. The first-order valence-corrected chi connectivity index (χ1v) is 8.63. The molecule has 3 rings (SSSR count). The van der Waals surface area contributed by atoms with Crippen molar-refractivity contribution >= 4 is 22.3 Å². The summed E-state index contributed by atoms with van der Waals surface area (Å²) < 4.78 is 10.6. The Labute approximate surface area is 145 Å². The number of rotatable bonds is 4. The number of hydrogen-bond acceptors (Lipinski definition) is 6. The molecule has 1 atom stereocenters. The SMILES string of the molecule is CC(C#N)OC(=O)c1cc(-c2ccccc2)c(N2CCOCC2)s1. The van der Waals surface area contributed by atoms with Gasteiger partial charge in [-0.25, -0.2) is 4.79 Å². The van der Waals surface area contributed by atoms with Crippen LogP contribution in [0.15, 0.2) is 36.4 Å². The van der Waals surface area contributed by atoms with Crippen LogP contribution >= 0.6 is 11.3 Å². The summed E-state index contributed by atoms with van der Waals surface area (Å²) >= 11 is 1.41. The number of benzene rings is 1. The largest absolute Gasteiger partial charge is 0.443 e. The van der Waals surface area contributed by atoms with E-state index in [2.05, 4.69) is 4.90 Å². The molecule has 5 nitrogen and oxygen atoms in total. The number of carbonyl (C=O) groups excluding carboxylic acids is 1. The lowest BCUT2D eigenvalue weighted by Gasteiger charge is -2.28. The van der Waals surface area contributed by atoms with Crippen LogP contribution in [-0.2, 0) is 9.47 Å². The fourth-order valence-corrected chi connectivity index (χ4v) is 3.67. The molecule has 1 fully saturated rings. The van der Waals surface area contributed by atoms with Crippen molar-refractivity contribution in [3.8, 4) is 17.2 Å². The van der Waals surface area contributed by atoms with E-state index in [1.165, 1.54) is 11.3 Å². The Balaban J connectivity index is 1.96. The second-order valence-corrected chi connectivity index (χ2v) is 6.50. The number of ether oxygens (including phenoxy) is 2. The van der Waals surface area contributed by atoms with Crippen molar-refractivity contribution in [3.63, 3.8) is 0 Å². The van der Waals surface area contributed by atoms with Crippen LogP contribution in [0, 0.1) is 11.3 Å². The van der Waals surface area contributed by atoms with Gasteiger partial charge < -0.3 is 14.4 Å². The van der Waals surface area contributed by atoms with E-state index in [0.29, 0.717) is 18.1 Å². The predicted molar refractivity (Wildman–Crippen MR) is 93.3 cm³/mol. The van der Waals surface area contributed by atoms with Gasteiger partial charge in [0.15, 0.2) is 6.10 Å². The number of morpholine rings is 1. The second-order valence-electron chi connectivity index (χ2n) is 5.47. The lowest BCUT2D eigenvalue weighted by molar-refractivity contribution is 0.0441. The number of nitriles is 1. The van der Waals surface area contributed by atoms with Crippen LogP contribution in [0.5, 0.6) is 0 Å². The zero-order valence-electron chi connectivity index (χ0n) is 13.4. The minimum atomic E-state index is -0.758. The Hall–Kier alpha value is -2.36. The highest BCUT2D eigenvalue weighted by molar-refractivity contribution is 7.18. The third kappa shape index (κ3) is 3.58. The third-order valence-corrected chi connectivity index (χ3v) is 4.94. The first-order valence-electron chi connectivity index (χ1n) is 7.81. The molecule has 2 heterocycles. The lowest BCUT2D eigenvalue weighted by Crippen LogP contribution is -2.35. The summed E-state index contributed by atoms with van der Waals surface area (Å²) in [4.78, 5) is 15.0. The molecule has 1 aromatic carbocycles. The molecule has 0 amide bonds. The van der Waals surface area contributed by atoms with Crippen LogP contribution in [-0.4, -0.2) is 38.4 Å². The highest BCUT2D eigenvalue weighted by Gasteiger charge is 2.23. The molecule has 24 heavy (non-hydrogen) atoms. The van der Waals surface area contributed by atoms with Crippen molar-refractivity contribution in [2.45, 2.75) is 13.0 Å². The minimum Gasteiger partial charge on any atom is -0.443 e. The van der Waals surface area contributed by atoms with Crippen LogP contribution < -0.4 is 4.90 Å². The van der Waals surface area contributed by atoms with Crippen LogP contribution in [0.4, 0.5) is 5.00 Å². The smallest absolute Gasteiger partial charge is 0.349 e. The third-order valence-electron chi connectivity index (χ3n) is 3.76. The van der Waals surface area contributed by atoms with E-state index in [1.807, 2.05) is 42.5 Å². The minimum absolute atomic E-state index is 0.453. The first-order chi connectivity index (χ1) is 11.7. The van der Waals surface area contributed by atoms with Crippen molar-refractivity contribution in [3.05, 3.63) is 41.3 Å². The van der Waals surface area contributed by atoms with Gasteiger partial charge in [-0.15, -0.1) is 11.3 Å². The van der Waals surface area contributed by atoms with Gasteiger partial charge in [-0.05, 0) is 18.6 Å². The molecule has 0 N–H and O–H groups in total. The molecule has 0 aliphatic carbocycles. The first kappa shape index (κ1) is 16.5. The quantitative estimate of drug-likeness (QED) is 0.798. The van der Waals surface area contributed by atoms with E-state index in [9.17, 15) is 4.79 Å². The van der Waals surface area contributed by atoms with Gasteiger partial charge in [0.05, 0.1) is 18.2 Å². The van der Waals surface area contributed by atoms with Crippen LogP contribution in [0.1, 0.15) is 16.6 Å². The predicted octanol–water partition coefficient (Wildman–Crippen LogP) is 3.32. The lowest BCUT2D eigenvalue weighted by atomic mass is 10.1. The number of thiophene rings is 1. The summed E-state index contributed by atoms with van der Waals surface area (Å²) in [6.45, 7) is 4.51. The van der Waals surface area contributed by atoms with Gasteiger partial charge in [0.1, 0.15) is 10.9 Å². The standard InChI is InChI=1S/C18H18N2O3S/c1-13(12-19)23-18(21)16-11-15(14-5-3-2-4-6-14)17(24-16)20-7-9-22-10-8-20/h2-6,11,13H,7-10H2,1H3. The van der Waals surface area contributed by atoms with Crippen LogP contribution in [0.25, 0.3) is 11.1 Å². The molecular weight excluding hydrogens is 324 g/mol. The second kappa shape index (κ2) is 7.47. The summed E-state index contributed by atoms with van der Waals surface area (Å²) in [6.07, 6.45) is -0.758. The molecule has 1 aliphatic rings. The van der Waals surface area contributed by atoms with Gasteiger partial charge in [0.25, 0.3) is 0 Å². The highest BCUT2D eigenvalue weighted by Crippen LogP contribution is 2.39. The van der Waals surface area contributed by atoms with Gasteiger partial charge in [-0.2, -0.15) is 5.26 Å². The van der Waals surface area contributed by atoms with Gasteiger partial charge in [-0.3, -0.25) is 0 Å². The number of esters is 1. The van der Waals surface area contributed by atoms with E-state index >= 15 is 0 Å². The molecule has 2 aromatic rings. The molecule has 1 aliphatic heterocycles. The van der Waals surface area contributed by atoms with E-state index in [0.717, 1.165) is 29.2 Å². The van der Waals surface area contributed by atoms with Crippen LogP contribution in [0.2, 0.25) is 0 Å². The van der Waals surface area contributed by atoms with Gasteiger partial charge in [0.2, 0.25) is 0 Å². The fraction of sp³-hybridized carbons (Fsp3) is 0.333. The van der Waals surface area contributed by atoms with E-state index < -0.39 is 12.1 Å². The summed E-state index contributed by atoms with van der Waals surface area (Å²) in [5.74, 6) is -0.453. The Morgan fingerprint density at radius 1 is 1.33 bits per heavy atom. The average molecular weight is 342 g/mol. The zero-order valence-corrected chi connectivity index (χ0v) is 14.2. The zero-order chi connectivity index (χ0) is 16.9. The molecule has 124 valence electrons. The Morgan fingerprint density at radius 2 is 2.04 bits per heavy atom. The summed E-state index contributed by atoms with van der Waals surface area (Å²) in [6, 6.07) is 13.8. The maximum atomic E-state index is 12.3. The van der Waals surface area contributed by atoms with Crippen LogP contribution in [0.3, 0.4) is 0 Å². The molecular formula is C18H18N2O3S. The summed E-state index contributed by atoms with van der Waals surface area (Å²) in [7, 11) is 0. The van der Waals surface area contributed by atoms with E-state index in [1.54, 1.807) is 6.92 Å². The van der Waals surface area contributed by atoms with Crippen molar-refractivity contribution in [1.29, 1.82) is 5.26 Å². The molecule has 1 saturated heterocycles. The molecule has 0 bridgehead atoms. The Morgan fingerprint density at radius 3 is 2.71 bits per heavy atom. The Bertz CT molecular complexity index is 745. The topological polar surface area (TPSA) is 62.6 Å². The normalized spacial score (nSPS) is 15.6. The molecule has 6 heteroatoms. The molecule has 0 saturated carbocycles. The van der Waals surface area contributed by atoms with Crippen molar-refractivity contribution in [2.24, 2.45) is 0 Å². The Kier molecular flexibility index (Phi) is 5.14. The van der Waals surface area contributed by atoms with Crippen molar-refractivity contribution < 1.29 is 14.3 Å². The van der Waals surface area contributed by atoms with Gasteiger partial charge in [0, 0.05) is 18.7 Å². The van der Waals surface area contributed by atoms with Gasteiger partial charge in [-0.1, -0.05) is 30.3 Å². The van der Waals surface area contributed by atoms with E-state index in [4.69, 9.17) is 14.7 Å². The maximum absolute atomic E-state index is 12.3. The van der Waals surface area contributed by atoms with Crippen molar-refractivity contribution in [1.82, 2.24) is 0 Å². The van der Waals surface area contributed by atoms with E-state index in [-0.39, 0.29) is 0 Å². The number of carbonyl (C=O) groups is 1. The number of anilines is 1. The van der Waals surface area contributed by atoms with Gasteiger partial charge >= 0.3 is 5.97 Å². The van der Waals surface area contributed by atoms with Crippen molar-refractivity contribution in [2.75, 3.05) is 31.2 Å². The maximum Gasteiger partial charge on any atom is 0.349 e. The summed E-state index contributed by atoms with van der Waals surface area (Å²) in [5.41, 5.74) is 2.07. The average Bonchev–Trinajstić information content (AvgIpc) is 3.08.